The molecular formula is C19H24O5. The highest BCUT2D eigenvalue weighted by Gasteiger charge is 2.29. The van der Waals surface area contributed by atoms with Gasteiger partial charge in [-0.1, -0.05) is 30.3 Å². The van der Waals surface area contributed by atoms with Gasteiger partial charge in [-0.2, -0.15) is 0 Å². The maximum absolute atomic E-state index is 12.2. The van der Waals surface area contributed by atoms with E-state index in [9.17, 15) is 14.4 Å². The number of esters is 2. The molecule has 0 spiro atoms. The summed E-state index contributed by atoms with van der Waals surface area (Å²) in [4.78, 5) is 36.5. The first kappa shape index (κ1) is 19.6. The van der Waals surface area contributed by atoms with Gasteiger partial charge in [0, 0.05) is 5.92 Å². The molecule has 24 heavy (non-hydrogen) atoms. The minimum atomic E-state index is -0.757. The monoisotopic (exact) mass is 332 g/mol. The van der Waals surface area contributed by atoms with E-state index in [1.165, 1.54) is 6.92 Å². The lowest BCUT2D eigenvalue weighted by molar-refractivity contribution is -0.146. The molecule has 130 valence electrons. The summed E-state index contributed by atoms with van der Waals surface area (Å²) in [7, 11) is 0. The van der Waals surface area contributed by atoms with Gasteiger partial charge >= 0.3 is 11.9 Å². The quantitative estimate of drug-likeness (QED) is 0.317. The highest BCUT2D eigenvalue weighted by Crippen LogP contribution is 2.23. The van der Waals surface area contributed by atoms with Crippen LogP contribution in [0.3, 0.4) is 0 Å². The van der Waals surface area contributed by atoms with Crippen molar-refractivity contribution < 1.29 is 23.9 Å². The lowest BCUT2D eigenvalue weighted by Crippen LogP contribution is -2.25. The lowest BCUT2D eigenvalue weighted by atomic mass is 9.86. The minimum Gasteiger partial charge on any atom is -0.462 e. The van der Waals surface area contributed by atoms with E-state index in [1.54, 1.807) is 20.8 Å². The minimum absolute atomic E-state index is 0.123. The van der Waals surface area contributed by atoms with Gasteiger partial charge < -0.3 is 9.47 Å². The Balaban J connectivity index is 3.26. The molecule has 5 nitrogen and oxygen atoms in total. The van der Waals surface area contributed by atoms with Gasteiger partial charge in [-0.05, 0) is 45.3 Å². The average molecular weight is 332 g/mol. The number of hydrogen-bond donors (Lipinski definition) is 0. The van der Waals surface area contributed by atoms with Crippen molar-refractivity contribution >= 4 is 17.7 Å². The van der Waals surface area contributed by atoms with E-state index >= 15 is 0 Å². The van der Waals surface area contributed by atoms with Crippen LogP contribution in [0, 0.1) is 5.92 Å². The van der Waals surface area contributed by atoms with Gasteiger partial charge in [0.05, 0.1) is 13.2 Å². The van der Waals surface area contributed by atoms with Gasteiger partial charge in [0.15, 0.2) is 0 Å². The summed E-state index contributed by atoms with van der Waals surface area (Å²) in [6, 6.07) is 9.44. The van der Waals surface area contributed by atoms with E-state index in [1.807, 2.05) is 30.3 Å². The van der Waals surface area contributed by atoms with Crippen LogP contribution in [0.1, 0.15) is 33.3 Å². The van der Waals surface area contributed by atoms with Gasteiger partial charge in [0.2, 0.25) is 0 Å². The van der Waals surface area contributed by atoms with Crippen LogP contribution in [0.25, 0.3) is 0 Å². The van der Waals surface area contributed by atoms with Gasteiger partial charge in [-0.15, -0.1) is 0 Å². The van der Waals surface area contributed by atoms with Crippen molar-refractivity contribution in [2.45, 2.75) is 34.1 Å². The second-order valence-electron chi connectivity index (χ2n) is 5.35. The number of ketones is 1. The smallest absolute Gasteiger partial charge is 0.345 e. The molecule has 0 amide bonds. The number of carbonyl (C=O) groups excluding carboxylic acids is 3. The van der Waals surface area contributed by atoms with Crippen molar-refractivity contribution in [1.29, 1.82) is 0 Å². The molecule has 0 aromatic heterocycles. The summed E-state index contributed by atoms with van der Waals surface area (Å²) in [5.74, 6) is -2.22. The second-order valence-corrected chi connectivity index (χ2v) is 5.35. The highest BCUT2D eigenvalue weighted by atomic mass is 16.6. The average Bonchev–Trinajstić information content (AvgIpc) is 2.54. The summed E-state index contributed by atoms with van der Waals surface area (Å²) in [6.07, 6.45) is 0.407. The number of hydrogen-bond acceptors (Lipinski definition) is 5. The first-order chi connectivity index (χ1) is 11.4. The fourth-order valence-corrected chi connectivity index (χ4v) is 2.44. The fraction of sp³-hybridized carbons (Fsp3) is 0.421. The van der Waals surface area contributed by atoms with Crippen LogP contribution < -0.4 is 0 Å². The molecule has 0 aliphatic carbocycles. The molecule has 0 heterocycles. The largest absolute Gasteiger partial charge is 0.462 e. The summed E-state index contributed by atoms with van der Waals surface area (Å²) in [5.41, 5.74) is 1.14. The third-order valence-corrected chi connectivity index (χ3v) is 3.65. The zero-order valence-electron chi connectivity index (χ0n) is 14.6. The molecule has 0 saturated heterocycles. The molecule has 0 bridgehead atoms. The molecule has 0 saturated carbocycles. The predicted octanol–water partition coefficient (Wildman–Crippen LogP) is 2.88. The number of ether oxygens (including phenoxy) is 2. The van der Waals surface area contributed by atoms with Crippen molar-refractivity contribution in [3.63, 3.8) is 0 Å². The molecule has 5 heteroatoms. The maximum atomic E-state index is 12.2. The van der Waals surface area contributed by atoms with Crippen LogP contribution >= 0.6 is 0 Å². The Labute approximate surface area is 142 Å². The third kappa shape index (κ3) is 5.33. The Hall–Kier alpha value is -2.43. The normalized spacial score (nSPS) is 11.3. The Kier molecular flexibility index (Phi) is 7.89. The SMILES string of the molecule is CCOC(=O)C(C(=O)OCC)=C(C)C(Cc1ccccc1)C(C)=O. The van der Waals surface area contributed by atoms with Gasteiger partial charge in [0.1, 0.15) is 11.4 Å². The van der Waals surface area contributed by atoms with E-state index in [4.69, 9.17) is 9.47 Å². The zero-order valence-corrected chi connectivity index (χ0v) is 14.6. The molecule has 0 fully saturated rings. The van der Waals surface area contributed by atoms with Crippen molar-refractivity contribution in [2.75, 3.05) is 13.2 Å². The molecule has 1 unspecified atom stereocenters. The van der Waals surface area contributed by atoms with Crippen molar-refractivity contribution in [2.24, 2.45) is 5.92 Å². The van der Waals surface area contributed by atoms with Crippen molar-refractivity contribution in [3.8, 4) is 0 Å². The molecule has 1 aromatic rings. The van der Waals surface area contributed by atoms with Crippen LogP contribution in [0.15, 0.2) is 41.5 Å². The van der Waals surface area contributed by atoms with E-state index in [-0.39, 0.29) is 24.6 Å². The topological polar surface area (TPSA) is 69.7 Å². The van der Waals surface area contributed by atoms with Crippen LogP contribution in [0.2, 0.25) is 0 Å². The summed E-state index contributed by atoms with van der Waals surface area (Å²) >= 11 is 0. The van der Waals surface area contributed by atoms with E-state index in [0.717, 1.165) is 5.56 Å². The first-order valence-corrected chi connectivity index (χ1v) is 8.01. The van der Waals surface area contributed by atoms with Crippen LogP contribution in [0.5, 0.6) is 0 Å². The van der Waals surface area contributed by atoms with Crippen LogP contribution in [0.4, 0.5) is 0 Å². The molecule has 0 aliphatic heterocycles. The Bertz CT molecular complexity index is 596. The first-order valence-electron chi connectivity index (χ1n) is 8.01. The summed E-state index contributed by atoms with van der Waals surface area (Å²) in [5, 5.41) is 0. The molecule has 1 rings (SSSR count). The Morgan fingerprint density at radius 2 is 1.42 bits per heavy atom. The van der Waals surface area contributed by atoms with Gasteiger partial charge in [-0.25, -0.2) is 9.59 Å². The van der Waals surface area contributed by atoms with E-state index in [0.29, 0.717) is 12.0 Å². The molecular weight excluding hydrogens is 308 g/mol. The highest BCUT2D eigenvalue weighted by molar-refractivity contribution is 6.15. The number of rotatable bonds is 8. The second kappa shape index (κ2) is 9.65. The predicted molar refractivity (Wildman–Crippen MR) is 90.3 cm³/mol. The van der Waals surface area contributed by atoms with E-state index < -0.39 is 17.9 Å². The number of Topliss-reactive ketones (excluding diaryl/α,β-unsaturated/α-hetero) is 1. The van der Waals surface area contributed by atoms with Crippen molar-refractivity contribution in [3.05, 3.63) is 47.0 Å². The van der Waals surface area contributed by atoms with E-state index in [2.05, 4.69) is 0 Å². The summed E-state index contributed by atoms with van der Waals surface area (Å²) in [6.45, 7) is 6.64. The number of carbonyl (C=O) groups is 3. The number of allylic oxidation sites excluding steroid dienone is 1. The molecule has 0 N–H and O–H groups in total. The molecule has 1 aromatic carbocycles. The Morgan fingerprint density at radius 3 is 1.83 bits per heavy atom. The molecule has 1 atom stereocenters. The van der Waals surface area contributed by atoms with Crippen molar-refractivity contribution in [1.82, 2.24) is 0 Å². The summed E-state index contributed by atoms with van der Waals surface area (Å²) < 4.78 is 9.93. The standard InChI is InChI=1S/C19H24O5/c1-5-23-18(21)17(19(22)24-6-2)13(3)16(14(4)20)12-15-10-8-7-9-11-15/h7-11,16H,5-6,12H2,1-4H3. The van der Waals surface area contributed by atoms with Crippen LogP contribution in [-0.2, 0) is 30.3 Å². The van der Waals surface area contributed by atoms with Crippen LogP contribution in [-0.4, -0.2) is 30.9 Å². The third-order valence-electron chi connectivity index (χ3n) is 3.65. The maximum Gasteiger partial charge on any atom is 0.345 e. The molecule has 0 aliphatic rings. The fourth-order valence-electron chi connectivity index (χ4n) is 2.44. The van der Waals surface area contributed by atoms with Gasteiger partial charge in [-0.3, -0.25) is 4.79 Å². The van der Waals surface area contributed by atoms with Gasteiger partial charge in [0.25, 0.3) is 0 Å². The number of benzene rings is 1. The molecule has 0 radical (unpaired) electrons. The Morgan fingerprint density at radius 1 is 0.917 bits per heavy atom. The zero-order chi connectivity index (χ0) is 18.1. The lowest BCUT2D eigenvalue weighted by Gasteiger charge is -2.18.